The number of nitrogens with zero attached hydrogens (tertiary/aromatic N) is 2. The van der Waals surface area contributed by atoms with Crippen molar-refractivity contribution in [2.75, 3.05) is 5.32 Å². The van der Waals surface area contributed by atoms with Crippen molar-refractivity contribution in [1.29, 1.82) is 5.26 Å². The molecule has 4 aromatic rings. The van der Waals surface area contributed by atoms with E-state index < -0.39 is 0 Å². The number of rotatable bonds is 3. The van der Waals surface area contributed by atoms with Crippen molar-refractivity contribution in [3.63, 3.8) is 0 Å². The number of pyridine rings is 1. The van der Waals surface area contributed by atoms with Crippen LogP contribution in [-0.2, 0) is 11.3 Å². The second kappa shape index (κ2) is 6.77. The number of fused-ring (bicyclic) bond motifs is 2. The summed E-state index contributed by atoms with van der Waals surface area (Å²) in [5.41, 5.74) is 2.55. The van der Waals surface area contributed by atoms with E-state index in [0.29, 0.717) is 22.0 Å². The van der Waals surface area contributed by atoms with E-state index in [1.165, 1.54) is 0 Å². The number of aromatic nitrogens is 1. The molecule has 0 aliphatic heterocycles. The fourth-order valence-electron chi connectivity index (χ4n) is 3.22. The predicted molar refractivity (Wildman–Crippen MR) is 106 cm³/mol. The summed E-state index contributed by atoms with van der Waals surface area (Å²) >= 11 is 0. The van der Waals surface area contributed by atoms with Gasteiger partial charge < -0.3 is 9.88 Å². The van der Waals surface area contributed by atoms with E-state index in [9.17, 15) is 9.59 Å². The molecule has 1 N–H and O–H groups in total. The molecule has 1 heterocycles. The molecule has 0 saturated heterocycles. The van der Waals surface area contributed by atoms with Crippen LogP contribution in [0.2, 0.25) is 0 Å². The molecule has 0 saturated carbocycles. The highest BCUT2D eigenvalue weighted by molar-refractivity contribution is 5.97. The molecule has 4 rings (SSSR count). The largest absolute Gasteiger partial charge is 0.331 e. The SMILES string of the molecule is N#Cc1ccc(NC(=O)Cn2c3ccccc3c(=O)c3ccccc32)cc1. The van der Waals surface area contributed by atoms with Gasteiger partial charge in [-0.15, -0.1) is 0 Å². The third kappa shape index (κ3) is 3.05. The Morgan fingerprint density at radius 3 is 2.00 bits per heavy atom. The van der Waals surface area contributed by atoms with Gasteiger partial charge in [-0.05, 0) is 48.5 Å². The summed E-state index contributed by atoms with van der Waals surface area (Å²) in [5.74, 6) is -0.210. The first-order chi connectivity index (χ1) is 13.2. The number of nitriles is 1. The minimum absolute atomic E-state index is 0.0371. The normalized spacial score (nSPS) is 10.6. The zero-order chi connectivity index (χ0) is 18.8. The van der Waals surface area contributed by atoms with E-state index in [1.807, 2.05) is 47.0 Å². The Labute approximate surface area is 155 Å². The molecule has 0 aliphatic carbocycles. The molecule has 0 radical (unpaired) electrons. The summed E-state index contributed by atoms with van der Waals surface area (Å²) in [5, 5.41) is 12.9. The lowest BCUT2D eigenvalue weighted by Gasteiger charge is -2.15. The second-order valence-corrected chi connectivity index (χ2v) is 6.19. The van der Waals surface area contributed by atoms with Crippen molar-refractivity contribution in [1.82, 2.24) is 4.57 Å². The lowest BCUT2D eigenvalue weighted by atomic mass is 10.1. The van der Waals surface area contributed by atoms with Crippen molar-refractivity contribution in [3.05, 3.63) is 88.6 Å². The van der Waals surface area contributed by atoms with E-state index in [-0.39, 0.29) is 17.9 Å². The summed E-state index contributed by atoms with van der Waals surface area (Å²) in [4.78, 5) is 25.4. The van der Waals surface area contributed by atoms with Crippen molar-refractivity contribution in [2.45, 2.75) is 6.54 Å². The molecule has 27 heavy (non-hydrogen) atoms. The van der Waals surface area contributed by atoms with Crippen LogP contribution < -0.4 is 10.7 Å². The van der Waals surface area contributed by atoms with Gasteiger partial charge in [-0.1, -0.05) is 24.3 Å². The maximum atomic E-state index is 12.7. The van der Waals surface area contributed by atoms with Crippen LogP contribution in [0.25, 0.3) is 21.8 Å². The average molecular weight is 353 g/mol. The predicted octanol–water partition coefficient (Wildman–Crippen LogP) is 3.67. The molecule has 5 nitrogen and oxygen atoms in total. The van der Waals surface area contributed by atoms with E-state index >= 15 is 0 Å². The van der Waals surface area contributed by atoms with E-state index in [2.05, 4.69) is 5.32 Å². The van der Waals surface area contributed by atoms with Crippen molar-refractivity contribution < 1.29 is 4.79 Å². The number of benzene rings is 3. The van der Waals surface area contributed by atoms with Gasteiger partial charge in [0, 0.05) is 16.5 Å². The fourth-order valence-corrected chi connectivity index (χ4v) is 3.22. The van der Waals surface area contributed by atoms with Crippen molar-refractivity contribution in [2.24, 2.45) is 0 Å². The molecule has 1 aromatic heterocycles. The Balaban J connectivity index is 1.76. The van der Waals surface area contributed by atoms with Crippen LogP contribution in [0.3, 0.4) is 0 Å². The van der Waals surface area contributed by atoms with Gasteiger partial charge in [0.1, 0.15) is 6.54 Å². The van der Waals surface area contributed by atoms with E-state index in [4.69, 9.17) is 5.26 Å². The van der Waals surface area contributed by atoms with Crippen molar-refractivity contribution >= 4 is 33.4 Å². The highest BCUT2D eigenvalue weighted by Gasteiger charge is 2.13. The minimum Gasteiger partial charge on any atom is -0.331 e. The number of hydrogen-bond donors (Lipinski definition) is 1. The lowest BCUT2D eigenvalue weighted by molar-refractivity contribution is -0.116. The second-order valence-electron chi connectivity index (χ2n) is 6.19. The number of anilines is 1. The summed E-state index contributed by atoms with van der Waals surface area (Å²) in [6.45, 7) is 0.0707. The number of carbonyl (C=O) groups is 1. The maximum absolute atomic E-state index is 12.7. The van der Waals surface area contributed by atoms with Crippen LogP contribution in [-0.4, -0.2) is 10.5 Å². The number of amides is 1. The van der Waals surface area contributed by atoms with Crippen LogP contribution in [0.4, 0.5) is 5.69 Å². The standard InChI is InChI=1S/C22H15N3O2/c23-13-15-9-11-16(12-10-15)24-21(26)14-25-19-7-3-1-5-17(19)22(27)18-6-2-4-8-20(18)25/h1-12H,14H2,(H,24,26). The van der Waals surface area contributed by atoms with Crippen LogP contribution in [0.5, 0.6) is 0 Å². The Morgan fingerprint density at radius 1 is 0.889 bits per heavy atom. The zero-order valence-electron chi connectivity index (χ0n) is 14.3. The Morgan fingerprint density at radius 2 is 1.44 bits per heavy atom. The molecule has 5 heteroatoms. The minimum atomic E-state index is -0.210. The maximum Gasteiger partial charge on any atom is 0.244 e. The fraction of sp³-hybridized carbons (Fsp3) is 0.0455. The molecular weight excluding hydrogens is 338 g/mol. The third-order valence-corrected chi connectivity index (χ3v) is 4.48. The molecule has 3 aromatic carbocycles. The van der Waals surface area contributed by atoms with Gasteiger partial charge >= 0.3 is 0 Å². The van der Waals surface area contributed by atoms with Gasteiger partial charge in [0.15, 0.2) is 5.43 Å². The van der Waals surface area contributed by atoms with Gasteiger partial charge in [-0.3, -0.25) is 9.59 Å². The number of nitrogens with one attached hydrogen (secondary N) is 1. The average Bonchev–Trinajstić information content (AvgIpc) is 2.72. The first kappa shape index (κ1) is 16.6. The Hall–Kier alpha value is -3.91. The van der Waals surface area contributed by atoms with Crippen LogP contribution in [0.15, 0.2) is 77.6 Å². The molecular formula is C22H15N3O2. The first-order valence-corrected chi connectivity index (χ1v) is 8.47. The number of hydrogen-bond acceptors (Lipinski definition) is 3. The molecule has 0 atom stereocenters. The first-order valence-electron chi connectivity index (χ1n) is 8.47. The number of carbonyl (C=O) groups excluding carboxylic acids is 1. The highest BCUT2D eigenvalue weighted by atomic mass is 16.2. The van der Waals surface area contributed by atoms with Crippen molar-refractivity contribution in [3.8, 4) is 6.07 Å². The highest BCUT2D eigenvalue weighted by Crippen LogP contribution is 2.19. The molecule has 0 unspecified atom stereocenters. The molecule has 0 fully saturated rings. The summed E-state index contributed by atoms with van der Waals surface area (Å²) < 4.78 is 1.85. The molecule has 0 spiro atoms. The summed E-state index contributed by atoms with van der Waals surface area (Å²) in [7, 11) is 0. The van der Waals surface area contributed by atoms with Gasteiger partial charge in [-0.2, -0.15) is 5.26 Å². The molecule has 0 bridgehead atoms. The topological polar surface area (TPSA) is 74.9 Å². The Kier molecular flexibility index (Phi) is 4.15. The Bertz CT molecular complexity index is 1200. The van der Waals surface area contributed by atoms with E-state index in [0.717, 1.165) is 11.0 Å². The van der Waals surface area contributed by atoms with Crippen LogP contribution in [0.1, 0.15) is 5.56 Å². The van der Waals surface area contributed by atoms with Crippen LogP contribution >= 0.6 is 0 Å². The van der Waals surface area contributed by atoms with Gasteiger partial charge in [-0.25, -0.2) is 0 Å². The number of para-hydroxylation sites is 2. The summed E-state index contributed by atoms with van der Waals surface area (Å²) in [6, 6.07) is 23.3. The van der Waals surface area contributed by atoms with Gasteiger partial charge in [0.05, 0.1) is 22.7 Å². The smallest absolute Gasteiger partial charge is 0.244 e. The summed E-state index contributed by atoms with van der Waals surface area (Å²) in [6.07, 6.45) is 0. The molecule has 1 amide bonds. The van der Waals surface area contributed by atoms with Gasteiger partial charge in [0.2, 0.25) is 5.91 Å². The molecule has 130 valence electrons. The van der Waals surface area contributed by atoms with Gasteiger partial charge in [0.25, 0.3) is 0 Å². The lowest BCUT2D eigenvalue weighted by Crippen LogP contribution is -2.21. The zero-order valence-corrected chi connectivity index (χ0v) is 14.3. The quantitative estimate of drug-likeness (QED) is 0.571. The molecule has 0 aliphatic rings. The monoisotopic (exact) mass is 353 g/mol. The van der Waals surface area contributed by atoms with E-state index in [1.54, 1.807) is 36.4 Å². The van der Waals surface area contributed by atoms with Crippen LogP contribution in [0, 0.1) is 11.3 Å². The third-order valence-electron chi connectivity index (χ3n) is 4.48.